The van der Waals surface area contributed by atoms with E-state index in [1.807, 2.05) is 0 Å². The number of imidazole rings is 1. The number of carbonyl (C=O) groups is 1. The van der Waals surface area contributed by atoms with E-state index >= 15 is 0 Å². The Kier molecular flexibility index (Phi) is 4.02. The molecule has 2 atom stereocenters. The van der Waals surface area contributed by atoms with Gasteiger partial charge in [0.05, 0.1) is 12.2 Å². The largest absolute Gasteiger partial charge is 0.334 e. The van der Waals surface area contributed by atoms with Crippen molar-refractivity contribution in [2.75, 3.05) is 6.54 Å². The third-order valence-corrected chi connectivity index (χ3v) is 5.40. The first kappa shape index (κ1) is 17.1. The van der Waals surface area contributed by atoms with Crippen LogP contribution in [0.1, 0.15) is 35.6 Å². The number of benzene rings is 1. The summed E-state index contributed by atoms with van der Waals surface area (Å²) in [5.41, 5.74) is 8.13. The molecule has 1 amide bonds. The maximum Gasteiger partial charge on any atom is 0.219 e. The molecule has 8 heteroatoms. The molecule has 0 fully saturated rings. The number of halogens is 3. The maximum atomic E-state index is 14.2. The molecule has 1 aromatic heterocycles. The summed E-state index contributed by atoms with van der Waals surface area (Å²) >= 11 is 0. The SMILES string of the molecule is CC(=O)N1CCn2c(nc3c2C[C@H](N)[C@@H](c2cc(F)c(F)cc2F)C3)C1. The summed E-state index contributed by atoms with van der Waals surface area (Å²) in [6.07, 6.45) is 0.837. The normalized spacial score (nSPS) is 22.1. The van der Waals surface area contributed by atoms with Crippen LogP contribution in [0.3, 0.4) is 0 Å². The fourth-order valence-corrected chi connectivity index (χ4v) is 4.00. The Morgan fingerprint density at radius 2 is 1.88 bits per heavy atom. The van der Waals surface area contributed by atoms with Gasteiger partial charge in [-0.1, -0.05) is 0 Å². The Morgan fingerprint density at radius 3 is 2.62 bits per heavy atom. The molecule has 1 aliphatic heterocycles. The van der Waals surface area contributed by atoms with Gasteiger partial charge in [0.1, 0.15) is 11.6 Å². The summed E-state index contributed by atoms with van der Waals surface area (Å²) < 4.78 is 43.1. The van der Waals surface area contributed by atoms with Gasteiger partial charge >= 0.3 is 0 Å². The highest BCUT2D eigenvalue weighted by Gasteiger charge is 2.35. The van der Waals surface area contributed by atoms with E-state index in [1.54, 1.807) is 4.90 Å². The molecule has 2 aliphatic rings. The predicted octanol–water partition coefficient (Wildman–Crippen LogP) is 1.87. The van der Waals surface area contributed by atoms with Gasteiger partial charge in [-0.3, -0.25) is 4.79 Å². The van der Waals surface area contributed by atoms with Crippen LogP contribution in [-0.4, -0.2) is 32.9 Å². The smallest absolute Gasteiger partial charge is 0.219 e. The molecule has 2 aromatic rings. The van der Waals surface area contributed by atoms with E-state index in [1.165, 1.54) is 6.92 Å². The van der Waals surface area contributed by atoms with Crippen LogP contribution in [-0.2, 0) is 30.7 Å². The number of rotatable bonds is 1. The first-order valence-electron chi connectivity index (χ1n) is 8.57. The minimum absolute atomic E-state index is 0.00402. The fourth-order valence-electron chi connectivity index (χ4n) is 4.00. The van der Waals surface area contributed by atoms with E-state index in [2.05, 4.69) is 9.55 Å². The standard InChI is InChI=1S/C18H19F3N4O/c1-9(26)24-2-3-25-17-7-15(22)11(5-16(17)23-18(25)8-24)10-4-13(20)14(21)6-12(10)19/h4,6,11,15H,2-3,5,7-8,22H2,1H3/t11-,15+/m1/s1. The molecule has 2 N–H and O–H groups in total. The van der Waals surface area contributed by atoms with Gasteiger partial charge < -0.3 is 15.2 Å². The Balaban J connectivity index is 1.68. The number of nitrogens with zero attached hydrogens (tertiary/aromatic N) is 3. The molecule has 0 saturated carbocycles. The maximum absolute atomic E-state index is 14.2. The second-order valence-corrected chi connectivity index (χ2v) is 6.98. The molecule has 0 radical (unpaired) electrons. The Labute approximate surface area is 148 Å². The van der Waals surface area contributed by atoms with Crippen molar-refractivity contribution in [3.8, 4) is 0 Å². The Morgan fingerprint density at radius 1 is 1.15 bits per heavy atom. The molecule has 1 aromatic carbocycles. The van der Waals surface area contributed by atoms with Gasteiger partial charge in [-0.05, 0) is 18.1 Å². The van der Waals surface area contributed by atoms with Crippen LogP contribution in [0.4, 0.5) is 13.2 Å². The van der Waals surface area contributed by atoms with Crippen LogP contribution in [0.2, 0.25) is 0 Å². The third-order valence-electron chi connectivity index (χ3n) is 5.40. The highest BCUT2D eigenvalue weighted by atomic mass is 19.2. The van der Waals surface area contributed by atoms with Crippen LogP contribution >= 0.6 is 0 Å². The van der Waals surface area contributed by atoms with Gasteiger partial charge in [0.2, 0.25) is 5.91 Å². The van der Waals surface area contributed by atoms with Crippen molar-refractivity contribution < 1.29 is 18.0 Å². The summed E-state index contributed by atoms with van der Waals surface area (Å²) in [4.78, 5) is 17.9. The molecule has 138 valence electrons. The number of nitrogens with two attached hydrogens (primary N) is 1. The van der Waals surface area contributed by atoms with E-state index < -0.39 is 29.4 Å². The number of carbonyl (C=O) groups excluding carboxylic acids is 1. The van der Waals surface area contributed by atoms with Crippen LogP contribution in [0.15, 0.2) is 12.1 Å². The number of fused-ring (bicyclic) bond motifs is 3. The topological polar surface area (TPSA) is 64.2 Å². The molecule has 0 unspecified atom stereocenters. The second kappa shape index (κ2) is 6.12. The molecule has 1 aliphatic carbocycles. The molecule has 4 rings (SSSR count). The molecule has 26 heavy (non-hydrogen) atoms. The summed E-state index contributed by atoms with van der Waals surface area (Å²) in [5.74, 6) is -2.78. The van der Waals surface area contributed by atoms with Gasteiger partial charge in [0.25, 0.3) is 0 Å². The molecule has 5 nitrogen and oxygen atoms in total. The van der Waals surface area contributed by atoms with Crippen molar-refractivity contribution in [2.45, 2.75) is 44.8 Å². The number of aromatic nitrogens is 2. The summed E-state index contributed by atoms with van der Waals surface area (Å²) in [6, 6.07) is 1.04. The van der Waals surface area contributed by atoms with Crippen molar-refractivity contribution in [1.82, 2.24) is 14.5 Å². The Bertz CT molecular complexity index is 895. The molecular formula is C18H19F3N4O. The summed E-state index contributed by atoms with van der Waals surface area (Å²) in [7, 11) is 0. The molecule has 0 bridgehead atoms. The van der Waals surface area contributed by atoms with Crippen LogP contribution in [0.25, 0.3) is 0 Å². The van der Waals surface area contributed by atoms with Crippen LogP contribution in [0.5, 0.6) is 0 Å². The van der Waals surface area contributed by atoms with Crippen molar-refractivity contribution in [3.63, 3.8) is 0 Å². The molecule has 0 saturated heterocycles. The lowest BCUT2D eigenvalue weighted by Crippen LogP contribution is -2.39. The monoisotopic (exact) mass is 364 g/mol. The van der Waals surface area contributed by atoms with E-state index in [-0.39, 0.29) is 11.5 Å². The van der Waals surface area contributed by atoms with E-state index in [9.17, 15) is 18.0 Å². The van der Waals surface area contributed by atoms with Crippen molar-refractivity contribution >= 4 is 5.91 Å². The highest BCUT2D eigenvalue weighted by molar-refractivity contribution is 5.73. The van der Waals surface area contributed by atoms with Gasteiger partial charge in [0.15, 0.2) is 11.6 Å². The van der Waals surface area contributed by atoms with Crippen molar-refractivity contribution in [1.29, 1.82) is 0 Å². The average molecular weight is 364 g/mol. The molecule has 2 heterocycles. The van der Waals surface area contributed by atoms with Crippen molar-refractivity contribution in [2.24, 2.45) is 5.73 Å². The quantitative estimate of drug-likeness (QED) is 0.786. The first-order valence-corrected chi connectivity index (χ1v) is 8.57. The minimum Gasteiger partial charge on any atom is -0.334 e. The number of amides is 1. The van der Waals surface area contributed by atoms with Crippen molar-refractivity contribution in [3.05, 3.63) is 52.4 Å². The molecular weight excluding hydrogens is 345 g/mol. The van der Waals surface area contributed by atoms with Crippen LogP contribution in [0, 0.1) is 17.5 Å². The first-order chi connectivity index (χ1) is 12.3. The zero-order valence-electron chi connectivity index (χ0n) is 14.3. The van der Waals surface area contributed by atoms with E-state index in [0.717, 1.165) is 23.3 Å². The Hall–Kier alpha value is -2.35. The third kappa shape index (κ3) is 2.68. The number of hydrogen-bond acceptors (Lipinski definition) is 3. The summed E-state index contributed by atoms with van der Waals surface area (Å²) in [5, 5.41) is 0. The number of hydrogen-bond donors (Lipinski definition) is 1. The molecule has 0 spiro atoms. The lowest BCUT2D eigenvalue weighted by molar-refractivity contribution is -0.130. The van der Waals surface area contributed by atoms with Crippen LogP contribution < -0.4 is 5.73 Å². The van der Waals surface area contributed by atoms with E-state index in [4.69, 9.17) is 5.73 Å². The highest BCUT2D eigenvalue weighted by Crippen LogP contribution is 2.35. The average Bonchev–Trinajstić information content (AvgIpc) is 2.94. The van der Waals surface area contributed by atoms with E-state index in [0.29, 0.717) is 38.5 Å². The zero-order chi connectivity index (χ0) is 18.6. The summed E-state index contributed by atoms with van der Waals surface area (Å²) in [6.45, 7) is 3.22. The fraction of sp³-hybridized carbons (Fsp3) is 0.444. The van der Waals surface area contributed by atoms with Gasteiger partial charge in [0, 0.05) is 50.2 Å². The zero-order valence-corrected chi connectivity index (χ0v) is 14.3. The lowest BCUT2D eigenvalue weighted by atomic mass is 9.80. The minimum atomic E-state index is -1.21. The second-order valence-electron chi connectivity index (χ2n) is 6.98. The van der Waals surface area contributed by atoms with Gasteiger partial charge in [-0.15, -0.1) is 0 Å². The lowest BCUT2D eigenvalue weighted by Gasteiger charge is -2.31. The van der Waals surface area contributed by atoms with Gasteiger partial charge in [-0.25, -0.2) is 18.2 Å². The van der Waals surface area contributed by atoms with Gasteiger partial charge in [-0.2, -0.15) is 0 Å². The predicted molar refractivity (Wildman–Crippen MR) is 87.8 cm³/mol.